The highest BCUT2D eigenvalue weighted by atomic mass is 15.2. The first-order valence-electron chi connectivity index (χ1n) is 7.06. The van der Waals surface area contributed by atoms with Crippen LogP contribution in [-0.2, 0) is 0 Å². The smallest absolute Gasteiger partial charge is 0.0165 e. The summed E-state index contributed by atoms with van der Waals surface area (Å²) in [6.07, 6.45) is 8.54. The summed E-state index contributed by atoms with van der Waals surface area (Å²) in [5.74, 6) is 0.664. The molecule has 2 atom stereocenters. The summed E-state index contributed by atoms with van der Waals surface area (Å²) in [5.41, 5.74) is 6.52. The van der Waals surface area contributed by atoms with Crippen molar-refractivity contribution in [3.05, 3.63) is 12.7 Å². The van der Waals surface area contributed by atoms with E-state index in [4.69, 9.17) is 5.73 Å². The molecule has 0 heterocycles. The van der Waals surface area contributed by atoms with Gasteiger partial charge in [-0.25, -0.2) is 0 Å². The molecule has 17 heavy (non-hydrogen) atoms. The van der Waals surface area contributed by atoms with Crippen molar-refractivity contribution >= 4 is 0 Å². The standard InChI is InChI=1S/C15H30N2/c1-5-11-17(15(2,3)4)12-13-9-7-6-8-10-14(13)16/h5,13-14H,1,6-12,16H2,2-4H3. The molecule has 0 spiro atoms. The number of nitrogens with zero attached hydrogens (tertiary/aromatic N) is 1. The van der Waals surface area contributed by atoms with Gasteiger partial charge in [0.1, 0.15) is 0 Å². The number of rotatable bonds is 4. The second kappa shape index (κ2) is 6.55. The molecule has 0 radical (unpaired) electrons. The zero-order valence-electron chi connectivity index (χ0n) is 11.9. The average Bonchev–Trinajstić information content (AvgIpc) is 2.42. The van der Waals surface area contributed by atoms with Gasteiger partial charge in [-0.15, -0.1) is 6.58 Å². The molecule has 0 saturated heterocycles. The second-order valence-corrected chi connectivity index (χ2v) is 6.43. The Balaban J connectivity index is 2.61. The van der Waals surface area contributed by atoms with Crippen LogP contribution in [0.25, 0.3) is 0 Å². The fourth-order valence-corrected chi connectivity index (χ4v) is 2.70. The molecule has 1 aliphatic carbocycles. The lowest BCUT2D eigenvalue weighted by atomic mass is 9.93. The number of hydrogen-bond acceptors (Lipinski definition) is 2. The summed E-state index contributed by atoms with van der Waals surface area (Å²) < 4.78 is 0. The second-order valence-electron chi connectivity index (χ2n) is 6.43. The summed E-state index contributed by atoms with van der Waals surface area (Å²) in [5, 5.41) is 0. The van der Waals surface area contributed by atoms with Crippen molar-refractivity contribution in [2.45, 2.75) is 64.5 Å². The minimum Gasteiger partial charge on any atom is -0.327 e. The minimum atomic E-state index is 0.209. The molecule has 2 heteroatoms. The Kier molecular flexibility index (Phi) is 5.68. The first-order chi connectivity index (χ1) is 7.95. The normalized spacial score (nSPS) is 26.9. The van der Waals surface area contributed by atoms with E-state index in [2.05, 4.69) is 32.3 Å². The van der Waals surface area contributed by atoms with Gasteiger partial charge < -0.3 is 5.73 Å². The Bertz CT molecular complexity index is 230. The van der Waals surface area contributed by atoms with Gasteiger partial charge in [-0.2, -0.15) is 0 Å². The van der Waals surface area contributed by atoms with Gasteiger partial charge in [-0.05, 0) is 39.5 Å². The van der Waals surface area contributed by atoms with Crippen LogP contribution < -0.4 is 5.73 Å². The van der Waals surface area contributed by atoms with E-state index in [0.29, 0.717) is 12.0 Å². The molecule has 2 N–H and O–H groups in total. The van der Waals surface area contributed by atoms with Crippen molar-refractivity contribution < 1.29 is 0 Å². The first-order valence-corrected chi connectivity index (χ1v) is 7.06. The predicted octanol–water partition coefficient (Wildman–Crippen LogP) is 3.18. The third kappa shape index (κ3) is 4.81. The van der Waals surface area contributed by atoms with Gasteiger partial charge in [-0.3, -0.25) is 4.90 Å². The fraction of sp³-hybridized carbons (Fsp3) is 0.867. The summed E-state index contributed by atoms with van der Waals surface area (Å²) in [6.45, 7) is 12.8. The van der Waals surface area contributed by atoms with E-state index in [-0.39, 0.29) is 5.54 Å². The fourth-order valence-electron chi connectivity index (χ4n) is 2.70. The monoisotopic (exact) mass is 238 g/mol. The van der Waals surface area contributed by atoms with Crippen molar-refractivity contribution in [2.24, 2.45) is 11.7 Å². The van der Waals surface area contributed by atoms with Gasteiger partial charge in [0.05, 0.1) is 0 Å². The zero-order chi connectivity index (χ0) is 12.9. The maximum Gasteiger partial charge on any atom is 0.0165 e. The molecule has 2 unspecified atom stereocenters. The number of nitrogens with two attached hydrogens (primary N) is 1. The van der Waals surface area contributed by atoms with Gasteiger partial charge >= 0.3 is 0 Å². The summed E-state index contributed by atoms with van der Waals surface area (Å²) in [7, 11) is 0. The van der Waals surface area contributed by atoms with Gasteiger partial charge in [-0.1, -0.05) is 25.3 Å². The maximum absolute atomic E-state index is 6.31. The van der Waals surface area contributed by atoms with Crippen molar-refractivity contribution in [1.82, 2.24) is 4.90 Å². The average molecular weight is 238 g/mol. The molecule has 1 rings (SSSR count). The largest absolute Gasteiger partial charge is 0.327 e. The lowest BCUT2D eigenvalue weighted by molar-refractivity contribution is 0.118. The van der Waals surface area contributed by atoms with Crippen LogP contribution >= 0.6 is 0 Å². The van der Waals surface area contributed by atoms with Crippen molar-refractivity contribution in [3.8, 4) is 0 Å². The van der Waals surface area contributed by atoms with Crippen LogP contribution in [0.5, 0.6) is 0 Å². The van der Waals surface area contributed by atoms with Crippen LogP contribution in [0.2, 0.25) is 0 Å². The van der Waals surface area contributed by atoms with E-state index in [9.17, 15) is 0 Å². The van der Waals surface area contributed by atoms with Crippen LogP contribution in [0.1, 0.15) is 52.9 Å². The van der Waals surface area contributed by atoms with Gasteiger partial charge in [0.25, 0.3) is 0 Å². The van der Waals surface area contributed by atoms with E-state index in [1.165, 1.54) is 32.1 Å². The van der Waals surface area contributed by atoms with E-state index >= 15 is 0 Å². The first kappa shape index (κ1) is 14.7. The zero-order valence-corrected chi connectivity index (χ0v) is 11.9. The van der Waals surface area contributed by atoms with E-state index in [0.717, 1.165) is 13.1 Å². The summed E-state index contributed by atoms with van der Waals surface area (Å²) >= 11 is 0. The molecule has 0 aliphatic heterocycles. The molecule has 0 aromatic rings. The lowest BCUT2D eigenvalue weighted by Crippen LogP contribution is -2.47. The quantitative estimate of drug-likeness (QED) is 0.602. The Morgan fingerprint density at radius 3 is 2.47 bits per heavy atom. The van der Waals surface area contributed by atoms with Crippen molar-refractivity contribution in [2.75, 3.05) is 13.1 Å². The molecule has 1 fully saturated rings. The van der Waals surface area contributed by atoms with Crippen LogP contribution in [0, 0.1) is 5.92 Å². The third-order valence-electron chi connectivity index (χ3n) is 3.97. The molecule has 2 nitrogen and oxygen atoms in total. The number of hydrogen-bond donors (Lipinski definition) is 1. The minimum absolute atomic E-state index is 0.209. The Hall–Kier alpha value is -0.340. The molecule has 0 aromatic carbocycles. The predicted molar refractivity (Wildman–Crippen MR) is 76.1 cm³/mol. The van der Waals surface area contributed by atoms with E-state index < -0.39 is 0 Å². The molecule has 0 aromatic heterocycles. The van der Waals surface area contributed by atoms with Gasteiger partial charge in [0.15, 0.2) is 0 Å². The molecular weight excluding hydrogens is 208 g/mol. The van der Waals surface area contributed by atoms with Gasteiger partial charge in [0.2, 0.25) is 0 Å². The summed E-state index contributed by atoms with van der Waals surface area (Å²) in [4.78, 5) is 2.51. The highest BCUT2D eigenvalue weighted by Gasteiger charge is 2.27. The molecular formula is C15H30N2. The highest BCUT2D eigenvalue weighted by molar-refractivity contribution is 4.87. The van der Waals surface area contributed by atoms with Crippen molar-refractivity contribution in [3.63, 3.8) is 0 Å². The molecule has 1 aliphatic rings. The molecule has 0 amide bonds. The topological polar surface area (TPSA) is 29.3 Å². The van der Waals surface area contributed by atoms with Crippen LogP contribution in [-0.4, -0.2) is 29.6 Å². The van der Waals surface area contributed by atoms with E-state index in [1.807, 2.05) is 6.08 Å². The van der Waals surface area contributed by atoms with Crippen molar-refractivity contribution in [1.29, 1.82) is 0 Å². The van der Waals surface area contributed by atoms with Crippen LogP contribution in [0.15, 0.2) is 12.7 Å². The Labute approximate surface area is 107 Å². The Morgan fingerprint density at radius 2 is 1.88 bits per heavy atom. The van der Waals surface area contributed by atoms with Gasteiger partial charge in [0, 0.05) is 24.7 Å². The SMILES string of the molecule is C=CCN(CC1CCCCCC1N)C(C)(C)C. The third-order valence-corrected chi connectivity index (χ3v) is 3.97. The van der Waals surface area contributed by atoms with E-state index in [1.54, 1.807) is 0 Å². The summed E-state index contributed by atoms with van der Waals surface area (Å²) in [6, 6.07) is 0.396. The molecule has 0 bridgehead atoms. The van der Waals surface area contributed by atoms with Crippen LogP contribution in [0.3, 0.4) is 0 Å². The highest BCUT2D eigenvalue weighted by Crippen LogP contribution is 2.25. The van der Waals surface area contributed by atoms with Crippen LogP contribution in [0.4, 0.5) is 0 Å². The maximum atomic E-state index is 6.31. The molecule has 1 saturated carbocycles. The Morgan fingerprint density at radius 1 is 1.24 bits per heavy atom. The molecule has 100 valence electrons. The lowest BCUT2D eigenvalue weighted by Gasteiger charge is -2.38.